The first-order valence-electron chi connectivity index (χ1n) is 10.0. The van der Waals surface area contributed by atoms with Crippen LogP contribution in [-0.2, 0) is 4.74 Å². The summed E-state index contributed by atoms with van der Waals surface area (Å²) in [4.78, 5) is 21.3. The number of aryl methyl sites for hydroxylation is 1. The van der Waals surface area contributed by atoms with E-state index < -0.39 is 0 Å². The van der Waals surface area contributed by atoms with Crippen molar-refractivity contribution in [3.05, 3.63) is 72.2 Å². The fraction of sp³-hybridized carbons (Fsp3) is 0.227. The minimum absolute atomic E-state index is 0.189. The molecule has 1 saturated heterocycles. The summed E-state index contributed by atoms with van der Waals surface area (Å²) in [6, 6.07) is 9.47. The number of nitrogens with one attached hydrogen (secondary N) is 1. The lowest BCUT2D eigenvalue weighted by Crippen LogP contribution is -2.59. The van der Waals surface area contributed by atoms with Crippen molar-refractivity contribution < 1.29 is 13.9 Å². The van der Waals surface area contributed by atoms with E-state index >= 15 is 0 Å². The van der Waals surface area contributed by atoms with Crippen LogP contribution in [-0.4, -0.2) is 54.2 Å². The smallest absolute Gasteiger partial charge is 0.253 e. The molecule has 9 nitrogen and oxygen atoms in total. The highest BCUT2D eigenvalue weighted by Crippen LogP contribution is 2.24. The molecule has 0 bridgehead atoms. The maximum absolute atomic E-state index is 13.3. The molecule has 1 aromatic carbocycles. The number of rotatable bonds is 5. The second-order valence-corrected chi connectivity index (χ2v) is 7.99. The molecule has 4 heterocycles. The van der Waals surface area contributed by atoms with E-state index in [1.807, 2.05) is 13.8 Å². The second kappa shape index (κ2) is 7.65. The van der Waals surface area contributed by atoms with E-state index in [1.165, 1.54) is 18.3 Å². The van der Waals surface area contributed by atoms with Crippen molar-refractivity contribution in [2.24, 2.45) is 0 Å². The van der Waals surface area contributed by atoms with Gasteiger partial charge in [0.2, 0.25) is 0 Å². The van der Waals surface area contributed by atoms with Crippen LogP contribution >= 0.6 is 0 Å². The average Bonchev–Trinajstić information content (AvgIpc) is 3.40. The van der Waals surface area contributed by atoms with E-state index in [2.05, 4.69) is 25.6 Å². The lowest BCUT2D eigenvalue weighted by molar-refractivity contribution is -0.0593. The Labute approximate surface area is 182 Å². The maximum Gasteiger partial charge on any atom is 0.253 e. The van der Waals surface area contributed by atoms with Gasteiger partial charge >= 0.3 is 0 Å². The molecule has 0 spiro atoms. The number of amides is 1. The van der Waals surface area contributed by atoms with Gasteiger partial charge in [-0.1, -0.05) is 5.21 Å². The van der Waals surface area contributed by atoms with Gasteiger partial charge in [-0.3, -0.25) is 9.36 Å². The van der Waals surface area contributed by atoms with Crippen LogP contribution < -0.4 is 5.32 Å². The van der Waals surface area contributed by atoms with E-state index in [9.17, 15) is 9.18 Å². The lowest BCUT2D eigenvalue weighted by atomic mass is 10.0. The summed E-state index contributed by atoms with van der Waals surface area (Å²) in [7, 11) is 0. The Bertz CT molecular complexity index is 1270. The Morgan fingerprint density at radius 2 is 1.94 bits per heavy atom. The maximum atomic E-state index is 13.3. The highest BCUT2D eigenvalue weighted by Gasteiger charge is 2.35. The van der Waals surface area contributed by atoms with Gasteiger partial charge in [-0.15, -0.1) is 5.10 Å². The molecule has 1 fully saturated rings. The van der Waals surface area contributed by atoms with Gasteiger partial charge in [0.15, 0.2) is 0 Å². The lowest BCUT2D eigenvalue weighted by Gasteiger charge is -2.38. The first-order valence-corrected chi connectivity index (χ1v) is 10.0. The summed E-state index contributed by atoms with van der Waals surface area (Å²) in [6.07, 6.45) is 4.97. The standard InChI is InChI=1S/C22H20FN7O2/c1-14-20(30(28-27-14)17-6-4-16(23)5-7-17)18-10-29(13-25-18)19-8-3-15(9-24-19)21(31)26-22(2)11-32-12-22/h3-10,13H,11-12H2,1-2H3,(H,26,31). The number of carbonyl (C=O) groups excluding carboxylic acids is 1. The molecule has 10 heteroatoms. The summed E-state index contributed by atoms with van der Waals surface area (Å²) in [6.45, 7) is 4.78. The molecule has 5 rings (SSSR count). The van der Waals surface area contributed by atoms with Crippen LogP contribution in [0.1, 0.15) is 23.0 Å². The van der Waals surface area contributed by atoms with Gasteiger partial charge in [0.05, 0.1) is 35.7 Å². The van der Waals surface area contributed by atoms with Gasteiger partial charge in [0.25, 0.3) is 5.91 Å². The first kappa shape index (κ1) is 20.0. The van der Waals surface area contributed by atoms with Crippen molar-refractivity contribution in [1.82, 2.24) is 34.8 Å². The summed E-state index contributed by atoms with van der Waals surface area (Å²) in [5.74, 6) is 0.0951. The minimum Gasteiger partial charge on any atom is -0.376 e. The van der Waals surface area contributed by atoms with Gasteiger partial charge in [-0.2, -0.15) is 0 Å². The van der Waals surface area contributed by atoms with Crippen LogP contribution in [0.25, 0.3) is 22.9 Å². The fourth-order valence-corrected chi connectivity index (χ4v) is 3.48. The number of imidazole rings is 1. The Morgan fingerprint density at radius 1 is 1.16 bits per heavy atom. The highest BCUT2D eigenvalue weighted by atomic mass is 19.1. The number of benzene rings is 1. The fourth-order valence-electron chi connectivity index (χ4n) is 3.48. The molecule has 3 aromatic heterocycles. The molecule has 0 unspecified atom stereocenters. The monoisotopic (exact) mass is 433 g/mol. The molecular weight excluding hydrogens is 413 g/mol. The van der Waals surface area contributed by atoms with Crippen LogP contribution in [0, 0.1) is 12.7 Å². The van der Waals surface area contributed by atoms with Gasteiger partial charge in [-0.05, 0) is 50.2 Å². The molecule has 1 aliphatic rings. The van der Waals surface area contributed by atoms with E-state index in [0.29, 0.717) is 47.4 Å². The highest BCUT2D eigenvalue weighted by molar-refractivity contribution is 5.94. The van der Waals surface area contributed by atoms with Crippen LogP contribution in [0.2, 0.25) is 0 Å². The molecule has 0 atom stereocenters. The molecular formula is C22H20FN7O2. The van der Waals surface area contributed by atoms with Crippen LogP contribution in [0.5, 0.6) is 0 Å². The topological polar surface area (TPSA) is 99.8 Å². The molecule has 0 radical (unpaired) electrons. The van der Waals surface area contributed by atoms with Crippen molar-refractivity contribution in [3.8, 4) is 22.9 Å². The average molecular weight is 433 g/mol. The number of aromatic nitrogens is 6. The summed E-state index contributed by atoms with van der Waals surface area (Å²) >= 11 is 0. The Kier molecular flexibility index (Phi) is 4.78. The van der Waals surface area contributed by atoms with Crippen molar-refractivity contribution in [3.63, 3.8) is 0 Å². The first-order chi connectivity index (χ1) is 15.4. The van der Waals surface area contributed by atoms with Crippen LogP contribution in [0.3, 0.4) is 0 Å². The van der Waals surface area contributed by atoms with Crippen molar-refractivity contribution >= 4 is 5.91 Å². The zero-order chi connectivity index (χ0) is 22.3. The van der Waals surface area contributed by atoms with Gasteiger partial charge < -0.3 is 10.1 Å². The number of hydrogen-bond acceptors (Lipinski definition) is 6. The molecule has 4 aromatic rings. The second-order valence-electron chi connectivity index (χ2n) is 7.99. The molecule has 1 aliphatic heterocycles. The molecule has 1 N–H and O–H groups in total. The number of hydrogen-bond donors (Lipinski definition) is 1. The number of carbonyl (C=O) groups is 1. The molecule has 0 saturated carbocycles. The van der Waals surface area contributed by atoms with Gasteiger partial charge in [0, 0.05) is 12.4 Å². The normalized spacial score (nSPS) is 14.7. The van der Waals surface area contributed by atoms with Crippen LogP contribution in [0.4, 0.5) is 4.39 Å². The minimum atomic E-state index is -0.325. The third-order valence-electron chi connectivity index (χ3n) is 5.27. The Morgan fingerprint density at radius 3 is 2.59 bits per heavy atom. The van der Waals surface area contributed by atoms with Crippen LogP contribution in [0.15, 0.2) is 55.1 Å². The SMILES string of the molecule is Cc1nnn(-c2ccc(F)cc2)c1-c1cn(-c2ccc(C(=O)NC3(C)COC3)cn2)cn1. The number of nitrogens with zero attached hydrogens (tertiary/aromatic N) is 6. The third-order valence-corrected chi connectivity index (χ3v) is 5.27. The van der Waals surface area contributed by atoms with Crippen molar-refractivity contribution in [2.75, 3.05) is 13.2 Å². The predicted molar refractivity (Wildman–Crippen MR) is 113 cm³/mol. The zero-order valence-electron chi connectivity index (χ0n) is 17.5. The zero-order valence-corrected chi connectivity index (χ0v) is 17.5. The van der Waals surface area contributed by atoms with Crippen molar-refractivity contribution in [2.45, 2.75) is 19.4 Å². The number of halogens is 1. The van der Waals surface area contributed by atoms with E-state index in [0.717, 1.165) is 0 Å². The molecule has 0 aliphatic carbocycles. The van der Waals surface area contributed by atoms with E-state index in [4.69, 9.17) is 4.74 Å². The van der Waals surface area contributed by atoms with Gasteiger partial charge in [-0.25, -0.2) is 19.0 Å². The largest absolute Gasteiger partial charge is 0.376 e. The third kappa shape index (κ3) is 3.65. The number of pyridine rings is 1. The molecule has 162 valence electrons. The van der Waals surface area contributed by atoms with E-state index in [-0.39, 0.29) is 17.3 Å². The number of ether oxygens (including phenoxy) is 1. The molecule has 32 heavy (non-hydrogen) atoms. The molecule has 1 amide bonds. The predicted octanol–water partition coefficient (Wildman–Crippen LogP) is 2.48. The summed E-state index contributed by atoms with van der Waals surface area (Å²) < 4.78 is 21.8. The quantitative estimate of drug-likeness (QED) is 0.519. The van der Waals surface area contributed by atoms with E-state index in [1.54, 1.807) is 46.0 Å². The van der Waals surface area contributed by atoms with Gasteiger partial charge in [0.1, 0.15) is 29.4 Å². The Balaban J connectivity index is 1.39. The summed E-state index contributed by atoms with van der Waals surface area (Å²) in [5, 5.41) is 11.3. The van der Waals surface area contributed by atoms with Crippen molar-refractivity contribution in [1.29, 1.82) is 0 Å². The summed E-state index contributed by atoms with van der Waals surface area (Å²) in [5.41, 5.74) is 2.84. The Hall–Kier alpha value is -3.92.